The summed E-state index contributed by atoms with van der Waals surface area (Å²) in [5.41, 5.74) is 6.43. The molecular formula is C16H23N3O3. The lowest BCUT2D eigenvalue weighted by Crippen LogP contribution is -2.49. The summed E-state index contributed by atoms with van der Waals surface area (Å²) < 4.78 is 4.96. The van der Waals surface area contributed by atoms with E-state index >= 15 is 0 Å². The number of ether oxygens (including phenoxy) is 1. The molecule has 0 aromatic heterocycles. The zero-order valence-corrected chi connectivity index (χ0v) is 12.6. The van der Waals surface area contributed by atoms with E-state index in [1.54, 1.807) is 0 Å². The van der Waals surface area contributed by atoms with E-state index < -0.39 is 12.1 Å². The van der Waals surface area contributed by atoms with Gasteiger partial charge in [-0.1, -0.05) is 30.3 Å². The summed E-state index contributed by atoms with van der Waals surface area (Å²) in [4.78, 5) is 24.1. The number of nitrogens with one attached hydrogen (secondary N) is 2. The zero-order valence-electron chi connectivity index (χ0n) is 12.6. The maximum Gasteiger partial charge on any atom is 0.252 e. The van der Waals surface area contributed by atoms with Crippen LogP contribution in [0.1, 0.15) is 18.4 Å². The molecular weight excluding hydrogens is 282 g/mol. The number of rotatable bonds is 9. The first-order chi connectivity index (χ1) is 10.7. The predicted octanol–water partition coefficient (Wildman–Crippen LogP) is -0.0322. The molecule has 0 bridgehead atoms. The molecule has 0 aliphatic carbocycles. The second kappa shape index (κ2) is 8.51. The van der Waals surface area contributed by atoms with Gasteiger partial charge in [0.2, 0.25) is 5.91 Å². The van der Waals surface area contributed by atoms with Crippen LogP contribution in [0.15, 0.2) is 30.3 Å². The first-order valence-electron chi connectivity index (χ1n) is 7.64. The van der Waals surface area contributed by atoms with E-state index in [1.807, 2.05) is 30.3 Å². The van der Waals surface area contributed by atoms with E-state index in [2.05, 4.69) is 10.6 Å². The molecule has 0 spiro atoms. The van der Waals surface area contributed by atoms with Crippen LogP contribution < -0.4 is 16.4 Å². The Balaban J connectivity index is 1.90. The number of amides is 2. The van der Waals surface area contributed by atoms with Gasteiger partial charge in [0, 0.05) is 13.0 Å². The van der Waals surface area contributed by atoms with Crippen molar-refractivity contribution in [3.63, 3.8) is 0 Å². The molecule has 22 heavy (non-hydrogen) atoms. The van der Waals surface area contributed by atoms with Gasteiger partial charge >= 0.3 is 0 Å². The van der Waals surface area contributed by atoms with E-state index in [9.17, 15) is 9.59 Å². The largest absolute Gasteiger partial charge is 0.363 e. The van der Waals surface area contributed by atoms with Crippen LogP contribution in [0.5, 0.6) is 0 Å². The van der Waals surface area contributed by atoms with Gasteiger partial charge in [0.15, 0.2) is 6.10 Å². The SMILES string of the molecule is NCCCCNC(=O)C(Cc1ccccc1)NC(=O)C1CO1. The van der Waals surface area contributed by atoms with Crippen molar-refractivity contribution in [2.75, 3.05) is 19.7 Å². The highest BCUT2D eigenvalue weighted by Gasteiger charge is 2.34. The average Bonchev–Trinajstić information content (AvgIpc) is 3.36. The van der Waals surface area contributed by atoms with E-state index in [1.165, 1.54) is 0 Å². The monoisotopic (exact) mass is 305 g/mol. The summed E-state index contributed by atoms with van der Waals surface area (Å²) >= 11 is 0. The van der Waals surface area contributed by atoms with Gasteiger partial charge in [0.05, 0.1) is 6.61 Å². The topological polar surface area (TPSA) is 96.8 Å². The third-order valence-electron chi connectivity index (χ3n) is 3.47. The molecule has 0 saturated carbocycles. The third-order valence-corrected chi connectivity index (χ3v) is 3.47. The van der Waals surface area contributed by atoms with Crippen LogP contribution in [-0.4, -0.2) is 43.7 Å². The van der Waals surface area contributed by atoms with Crippen molar-refractivity contribution in [3.8, 4) is 0 Å². The maximum absolute atomic E-state index is 12.3. The normalized spacial score (nSPS) is 17.6. The molecule has 6 heteroatoms. The summed E-state index contributed by atoms with van der Waals surface area (Å²) in [6.45, 7) is 1.61. The quantitative estimate of drug-likeness (QED) is 0.441. The van der Waals surface area contributed by atoms with Crippen LogP contribution in [0.4, 0.5) is 0 Å². The fourth-order valence-electron chi connectivity index (χ4n) is 2.13. The van der Waals surface area contributed by atoms with Gasteiger partial charge < -0.3 is 21.1 Å². The minimum absolute atomic E-state index is 0.171. The molecule has 1 aliphatic rings. The van der Waals surface area contributed by atoms with E-state index in [4.69, 9.17) is 10.5 Å². The fraction of sp³-hybridized carbons (Fsp3) is 0.500. The molecule has 1 saturated heterocycles. The fourth-order valence-corrected chi connectivity index (χ4v) is 2.13. The summed E-state index contributed by atoms with van der Waals surface area (Å²) in [5.74, 6) is -0.395. The average molecular weight is 305 g/mol. The lowest BCUT2D eigenvalue weighted by atomic mass is 10.0. The van der Waals surface area contributed by atoms with Gasteiger partial charge in [0.25, 0.3) is 5.91 Å². The highest BCUT2D eigenvalue weighted by molar-refractivity contribution is 5.90. The van der Waals surface area contributed by atoms with Gasteiger partial charge in [0.1, 0.15) is 6.04 Å². The van der Waals surface area contributed by atoms with Crippen molar-refractivity contribution in [2.45, 2.75) is 31.4 Å². The molecule has 1 heterocycles. The zero-order chi connectivity index (χ0) is 15.8. The van der Waals surface area contributed by atoms with Crippen LogP contribution in [0.3, 0.4) is 0 Å². The smallest absolute Gasteiger partial charge is 0.252 e. The Morgan fingerprint density at radius 2 is 2.00 bits per heavy atom. The van der Waals surface area contributed by atoms with Crippen LogP contribution >= 0.6 is 0 Å². The Labute approximate surface area is 130 Å². The molecule has 2 atom stereocenters. The molecule has 120 valence electrons. The molecule has 1 aromatic carbocycles. The minimum Gasteiger partial charge on any atom is -0.363 e. The molecule has 1 fully saturated rings. The second-order valence-corrected chi connectivity index (χ2v) is 5.36. The van der Waals surface area contributed by atoms with Crippen LogP contribution in [0, 0.1) is 0 Å². The Kier molecular flexibility index (Phi) is 6.36. The second-order valence-electron chi connectivity index (χ2n) is 5.36. The van der Waals surface area contributed by atoms with Crippen LogP contribution in [0.25, 0.3) is 0 Å². The molecule has 0 radical (unpaired) electrons. The third kappa shape index (κ3) is 5.46. The van der Waals surface area contributed by atoms with Crippen molar-refractivity contribution in [3.05, 3.63) is 35.9 Å². The Morgan fingerprint density at radius 1 is 1.27 bits per heavy atom. The minimum atomic E-state index is -0.586. The summed E-state index contributed by atoms with van der Waals surface area (Å²) in [5, 5.41) is 5.62. The van der Waals surface area contributed by atoms with Crippen molar-refractivity contribution in [1.29, 1.82) is 0 Å². The van der Waals surface area contributed by atoms with Crippen LogP contribution in [0.2, 0.25) is 0 Å². The maximum atomic E-state index is 12.3. The molecule has 2 unspecified atom stereocenters. The van der Waals surface area contributed by atoms with Gasteiger partial charge in [-0.15, -0.1) is 0 Å². The number of unbranched alkanes of at least 4 members (excludes halogenated alkanes) is 1. The number of epoxide rings is 1. The van der Waals surface area contributed by atoms with Crippen LogP contribution in [-0.2, 0) is 20.7 Å². The standard InChI is InChI=1S/C16H23N3O3/c17-8-4-5-9-18-15(20)13(19-16(21)14-11-22-14)10-12-6-2-1-3-7-12/h1-3,6-7,13-14H,4-5,8-11,17H2,(H,18,20)(H,19,21). The molecule has 4 N–H and O–H groups in total. The van der Waals surface area contributed by atoms with Gasteiger partial charge in [-0.2, -0.15) is 0 Å². The number of benzene rings is 1. The van der Waals surface area contributed by atoms with Gasteiger partial charge in [-0.3, -0.25) is 9.59 Å². The van der Waals surface area contributed by atoms with Gasteiger partial charge in [-0.25, -0.2) is 0 Å². The van der Waals surface area contributed by atoms with Gasteiger partial charge in [-0.05, 0) is 24.9 Å². The van der Waals surface area contributed by atoms with Crippen molar-refractivity contribution >= 4 is 11.8 Å². The highest BCUT2D eigenvalue weighted by atomic mass is 16.6. The number of nitrogens with two attached hydrogens (primary N) is 1. The Bertz CT molecular complexity index is 489. The molecule has 1 aliphatic heterocycles. The van der Waals surface area contributed by atoms with Crippen molar-refractivity contribution < 1.29 is 14.3 Å². The number of carbonyl (C=O) groups is 2. The number of hydrogen-bond acceptors (Lipinski definition) is 4. The van der Waals surface area contributed by atoms with Crippen molar-refractivity contribution in [1.82, 2.24) is 10.6 Å². The lowest BCUT2D eigenvalue weighted by Gasteiger charge is -2.18. The Hall–Kier alpha value is -1.92. The van der Waals surface area contributed by atoms with E-state index in [0.29, 0.717) is 26.1 Å². The van der Waals surface area contributed by atoms with E-state index in [0.717, 1.165) is 18.4 Å². The summed E-state index contributed by atoms with van der Waals surface area (Å²) in [6.07, 6.45) is 1.76. The first kappa shape index (κ1) is 16.5. The summed E-state index contributed by atoms with van der Waals surface area (Å²) in [6, 6.07) is 9.04. The molecule has 2 amide bonds. The number of hydrogen-bond donors (Lipinski definition) is 3. The molecule has 6 nitrogen and oxygen atoms in total. The van der Waals surface area contributed by atoms with E-state index in [-0.39, 0.29) is 11.8 Å². The Morgan fingerprint density at radius 3 is 2.64 bits per heavy atom. The predicted molar refractivity (Wildman–Crippen MR) is 83.1 cm³/mol. The summed E-state index contributed by atoms with van der Waals surface area (Å²) in [7, 11) is 0. The molecule has 2 rings (SSSR count). The highest BCUT2D eigenvalue weighted by Crippen LogP contribution is 2.10. The van der Waals surface area contributed by atoms with Crippen molar-refractivity contribution in [2.24, 2.45) is 5.73 Å². The first-order valence-corrected chi connectivity index (χ1v) is 7.64. The lowest BCUT2D eigenvalue weighted by molar-refractivity contribution is -0.129. The number of carbonyl (C=O) groups excluding carboxylic acids is 2. The molecule has 1 aromatic rings.